The van der Waals surface area contributed by atoms with Crippen LogP contribution in [0.1, 0.15) is 45.1 Å². The number of aromatic nitrogens is 2. The van der Waals surface area contributed by atoms with Crippen molar-refractivity contribution in [2.24, 2.45) is 5.92 Å². The Balaban J connectivity index is 1.15. The number of carbonyl (C=O) groups is 2. The number of hydrogen-bond acceptors (Lipinski definition) is 7. The number of nitrogens with one attached hydrogen (secondary N) is 2. The van der Waals surface area contributed by atoms with E-state index in [-0.39, 0.29) is 36.1 Å². The lowest BCUT2D eigenvalue weighted by Gasteiger charge is -2.37. The summed E-state index contributed by atoms with van der Waals surface area (Å²) in [5.74, 6) is -0.204. The van der Waals surface area contributed by atoms with E-state index in [2.05, 4.69) is 25.2 Å². The Kier molecular flexibility index (Phi) is 9.36. The van der Waals surface area contributed by atoms with Crippen molar-refractivity contribution in [3.8, 4) is 22.6 Å². The summed E-state index contributed by atoms with van der Waals surface area (Å²) >= 11 is 0. The zero-order valence-electron chi connectivity index (χ0n) is 26.7. The molecule has 1 aliphatic carbocycles. The van der Waals surface area contributed by atoms with Crippen LogP contribution in [0.2, 0.25) is 0 Å². The molecule has 2 aliphatic heterocycles. The molecule has 6 rings (SSSR count). The molecular weight excluding hydrogens is 613 g/mol. The standard InChI is InChI=1S/C34H41F3N6O4/c1-33(2,32(45)41-15-12-38-13-16-41)46-29-7-3-6-28(18-29)42-14-4-5-25(21-42)31(44)43(27-10-11-27)22-24-9-8-23(26-19-39-40-20-26)17-30(24)47-34(35,36)37/h3,6-9,17-20,25,27,38H,4-5,10-16,21-22H2,1-2H3,(H,39,40). The van der Waals surface area contributed by atoms with Crippen LogP contribution in [0, 0.1) is 5.92 Å². The van der Waals surface area contributed by atoms with Crippen LogP contribution in [0.4, 0.5) is 18.9 Å². The molecule has 0 radical (unpaired) electrons. The number of rotatable bonds is 10. The van der Waals surface area contributed by atoms with Crippen LogP contribution < -0.4 is 19.7 Å². The highest BCUT2D eigenvalue weighted by atomic mass is 19.4. The van der Waals surface area contributed by atoms with Gasteiger partial charge in [0.1, 0.15) is 11.5 Å². The Bertz CT molecular complexity index is 1550. The largest absolute Gasteiger partial charge is 0.573 e. The molecule has 13 heteroatoms. The number of H-pyrrole nitrogens is 1. The molecule has 1 unspecified atom stereocenters. The van der Waals surface area contributed by atoms with E-state index in [1.165, 1.54) is 12.3 Å². The zero-order chi connectivity index (χ0) is 33.2. The molecule has 3 heterocycles. The van der Waals surface area contributed by atoms with Gasteiger partial charge in [0.15, 0.2) is 5.60 Å². The van der Waals surface area contributed by atoms with Crippen LogP contribution in [0.25, 0.3) is 11.1 Å². The third-order valence-electron chi connectivity index (χ3n) is 8.98. The fourth-order valence-electron chi connectivity index (χ4n) is 6.43. The van der Waals surface area contributed by atoms with Crippen LogP contribution in [0.15, 0.2) is 54.9 Å². The van der Waals surface area contributed by atoms with Gasteiger partial charge in [0.2, 0.25) is 5.91 Å². The Hall–Kier alpha value is -4.26. The summed E-state index contributed by atoms with van der Waals surface area (Å²) in [5, 5.41) is 9.81. The number of alkyl halides is 3. The van der Waals surface area contributed by atoms with E-state index in [9.17, 15) is 22.8 Å². The fourth-order valence-corrected chi connectivity index (χ4v) is 6.43. The number of hydrogen-bond donors (Lipinski definition) is 2. The molecule has 252 valence electrons. The molecule has 0 spiro atoms. The molecule has 2 N–H and O–H groups in total. The minimum Gasteiger partial charge on any atom is -0.478 e. The second kappa shape index (κ2) is 13.5. The van der Waals surface area contributed by atoms with Crippen LogP contribution in [-0.2, 0) is 16.1 Å². The molecule has 1 aromatic heterocycles. The maximum atomic E-state index is 14.0. The highest BCUT2D eigenvalue weighted by Gasteiger charge is 2.39. The number of amides is 2. The first-order chi connectivity index (χ1) is 22.5. The Morgan fingerprint density at radius 2 is 1.79 bits per heavy atom. The quantitative estimate of drug-likeness (QED) is 0.318. The van der Waals surface area contributed by atoms with Crippen molar-refractivity contribution in [2.75, 3.05) is 44.2 Å². The number of piperidine rings is 1. The molecule has 3 aromatic rings. The fraction of sp³-hybridized carbons (Fsp3) is 0.500. The molecule has 3 aliphatic rings. The summed E-state index contributed by atoms with van der Waals surface area (Å²) in [4.78, 5) is 32.9. The average Bonchev–Trinajstić information content (AvgIpc) is 3.75. The molecule has 0 bridgehead atoms. The molecule has 1 atom stereocenters. The first-order valence-corrected chi connectivity index (χ1v) is 16.2. The first-order valence-electron chi connectivity index (χ1n) is 16.2. The molecule has 10 nitrogen and oxygen atoms in total. The summed E-state index contributed by atoms with van der Waals surface area (Å²) in [5.41, 5.74) is 1.29. The number of carbonyl (C=O) groups excluding carboxylic acids is 2. The SMILES string of the molecule is CC(C)(Oc1cccc(N2CCCC(C(=O)N(Cc3ccc(-c4cn[nH]c4)cc3OC(F)(F)F)C3CC3)C2)c1)C(=O)N1CCNCC1. The van der Waals surface area contributed by atoms with E-state index in [0.29, 0.717) is 48.5 Å². The molecule has 2 saturated heterocycles. The van der Waals surface area contributed by atoms with Crippen LogP contribution in [0.3, 0.4) is 0 Å². The van der Waals surface area contributed by atoms with E-state index in [4.69, 9.17) is 4.74 Å². The van der Waals surface area contributed by atoms with Crippen molar-refractivity contribution < 1.29 is 32.2 Å². The number of benzene rings is 2. The van der Waals surface area contributed by atoms with Gasteiger partial charge in [0.25, 0.3) is 5.91 Å². The number of ether oxygens (including phenoxy) is 2. The van der Waals surface area contributed by atoms with Gasteiger partial charge < -0.3 is 29.5 Å². The monoisotopic (exact) mass is 654 g/mol. The molecule has 3 fully saturated rings. The van der Waals surface area contributed by atoms with E-state index in [1.807, 2.05) is 29.2 Å². The maximum absolute atomic E-state index is 14.0. The van der Waals surface area contributed by atoms with Crippen LogP contribution >= 0.6 is 0 Å². The van der Waals surface area contributed by atoms with Crippen LogP contribution in [0.5, 0.6) is 11.5 Å². The predicted octanol–water partition coefficient (Wildman–Crippen LogP) is 4.97. The number of piperazine rings is 1. The minimum atomic E-state index is -4.88. The topological polar surface area (TPSA) is 103 Å². The summed E-state index contributed by atoms with van der Waals surface area (Å²) in [6, 6.07) is 12.2. The van der Waals surface area contributed by atoms with Gasteiger partial charge in [-0.1, -0.05) is 18.2 Å². The Morgan fingerprint density at radius 3 is 2.49 bits per heavy atom. The number of nitrogens with zero attached hydrogens (tertiary/aromatic N) is 4. The second-order valence-electron chi connectivity index (χ2n) is 13.0. The molecule has 47 heavy (non-hydrogen) atoms. The van der Waals surface area contributed by atoms with Crippen molar-refractivity contribution in [2.45, 2.75) is 64.1 Å². The van der Waals surface area contributed by atoms with Gasteiger partial charge in [-0.05, 0) is 63.3 Å². The summed E-state index contributed by atoms with van der Waals surface area (Å²) in [6.07, 6.45) is 1.34. The lowest BCUT2D eigenvalue weighted by atomic mass is 9.95. The molecule has 2 amide bonds. The Morgan fingerprint density at radius 1 is 1.00 bits per heavy atom. The van der Waals surface area contributed by atoms with Gasteiger partial charge in [-0.15, -0.1) is 13.2 Å². The van der Waals surface area contributed by atoms with E-state index < -0.39 is 12.0 Å². The average molecular weight is 655 g/mol. The normalized spacial score (nSPS) is 19.0. The lowest BCUT2D eigenvalue weighted by Crippen LogP contribution is -2.54. The Labute approximate surface area is 272 Å². The molecular formula is C34H41F3N6O4. The van der Waals surface area contributed by atoms with Gasteiger partial charge in [-0.25, -0.2) is 0 Å². The summed E-state index contributed by atoms with van der Waals surface area (Å²) in [7, 11) is 0. The van der Waals surface area contributed by atoms with Gasteiger partial charge >= 0.3 is 6.36 Å². The van der Waals surface area contributed by atoms with Crippen LogP contribution in [-0.4, -0.2) is 89.1 Å². The number of aromatic amines is 1. The molecule has 1 saturated carbocycles. The van der Waals surface area contributed by atoms with Gasteiger partial charge in [-0.2, -0.15) is 5.10 Å². The smallest absolute Gasteiger partial charge is 0.478 e. The summed E-state index contributed by atoms with van der Waals surface area (Å²) in [6.45, 7) is 7.59. The van der Waals surface area contributed by atoms with Gasteiger partial charge in [-0.3, -0.25) is 14.7 Å². The number of anilines is 1. The van der Waals surface area contributed by atoms with Crippen molar-refractivity contribution in [1.82, 2.24) is 25.3 Å². The highest BCUT2D eigenvalue weighted by Crippen LogP contribution is 2.37. The van der Waals surface area contributed by atoms with E-state index >= 15 is 0 Å². The minimum absolute atomic E-state index is 0.0163. The number of halogens is 3. The second-order valence-corrected chi connectivity index (χ2v) is 13.0. The third kappa shape index (κ3) is 8.01. The highest BCUT2D eigenvalue weighted by molar-refractivity contribution is 5.85. The van der Waals surface area contributed by atoms with Crippen molar-refractivity contribution in [3.05, 3.63) is 60.4 Å². The maximum Gasteiger partial charge on any atom is 0.573 e. The van der Waals surface area contributed by atoms with Gasteiger partial charge in [0.05, 0.1) is 12.1 Å². The van der Waals surface area contributed by atoms with Crippen molar-refractivity contribution in [3.63, 3.8) is 0 Å². The van der Waals surface area contributed by atoms with E-state index in [0.717, 1.165) is 44.6 Å². The first kappa shape index (κ1) is 32.7. The lowest BCUT2D eigenvalue weighted by molar-refractivity contribution is -0.274. The third-order valence-corrected chi connectivity index (χ3v) is 8.98. The van der Waals surface area contributed by atoms with Crippen molar-refractivity contribution in [1.29, 1.82) is 0 Å². The van der Waals surface area contributed by atoms with Crippen molar-refractivity contribution >= 4 is 17.5 Å². The van der Waals surface area contributed by atoms with E-state index in [1.54, 1.807) is 37.1 Å². The summed E-state index contributed by atoms with van der Waals surface area (Å²) < 4.78 is 51.0. The van der Waals surface area contributed by atoms with Gasteiger partial charge in [0, 0.05) is 80.9 Å². The molecule has 2 aromatic carbocycles. The zero-order valence-corrected chi connectivity index (χ0v) is 26.7. The predicted molar refractivity (Wildman–Crippen MR) is 170 cm³/mol.